The Morgan fingerprint density at radius 3 is 2.29 bits per heavy atom. The van der Waals surface area contributed by atoms with E-state index in [0.29, 0.717) is 6.61 Å². The summed E-state index contributed by atoms with van der Waals surface area (Å²) >= 11 is 0. The summed E-state index contributed by atoms with van der Waals surface area (Å²) < 4.78 is 9.39. The van der Waals surface area contributed by atoms with E-state index < -0.39 is 12.2 Å². The molecular weight excluding hydrogens is 224 g/mol. The van der Waals surface area contributed by atoms with E-state index in [1.54, 1.807) is 13.8 Å². The molecule has 0 N–H and O–H groups in total. The van der Waals surface area contributed by atoms with Gasteiger partial charge in [0.25, 0.3) is 0 Å². The maximum Gasteiger partial charge on any atom is 0.452 e. The van der Waals surface area contributed by atoms with E-state index in [-0.39, 0.29) is 6.10 Å². The van der Waals surface area contributed by atoms with Crippen molar-refractivity contribution in [2.75, 3.05) is 6.61 Å². The molecule has 0 aliphatic heterocycles. The van der Waals surface area contributed by atoms with Crippen molar-refractivity contribution in [1.29, 1.82) is 0 Å². The highest BCUT2D eigenvalue weighted by molar-refractivity contribution is 5.73. The number of amides is 2. The Balaban J connectivity index is 3.63. The third kappa shape index (κ3) is 10.8. The van der Waals surface area contributed by atoms with Crippen LogP contribution in [0.1, 0.15) is 46.5 Å². The summed E-state index contributed by atoms with van der Waals surface area (Å²) in [6.45, 7) is 5.76. The summed E-state index contributed by atoms with van der Waals surface area (Å²) in [6.07, 6.45) is 2.01. The second-order valence-corrected chi connectivity index (χ2v) is 3.81. The fourth-order valence-electron chi connectivity index (χ4n) is 1.02. The first-order valence-electron chi connectivity index (χ1n) is 5.85. The maximum absolute atomic E-state index is 11.0. The molecule has 0 aliphatic carbocycles. The molecule has 6 nitrogen and oxygen atoms in total. The minimum atomic E-state index is -0.886. The highest BCUT2D eigenvalue weighted by atomic mass is 16.6. The van der Waals surface area contributed by atoms with Crippen LogP contribution in [0.2, 0.25) is 0 Å². The molecule has 0 spiro atoms. The molecule has 0 radical (unpaired) electrons. The fraction of sp³-hybridized carbons (Fsp3) is 0.818. The van der Waals surface area contributed by atoms with Gasteiger partial charge in [0.2, 0.25) is 0 Å². The Kier molecular flexibility index (Phi) is 8.91. The van der Waals surface area contributed by atoms with E-state index in [4.69, 9.17) is 4.74 Å². The predicted octanol–water partition coefficient (Wildman–Crippen LogP) is 3.70. The molecule has 0 heterocycles. The standard InChI is InChI=1S/C11H20N2O4/c1-4-5-6-7-8-16-10(14)12-13-11(15)17-9(2)3/h9H,4-8H2,1-3H3. The molecule has 0 unspecified atom stereocenters. The lowest BCUT2D eigenvalue weighted by Gasteiger charge is -2.02. The molecule has 17 heavy (non-hydrogen) atoms. The van der Waals surface area contributed by atoms with Gasteiger partial charge in [-0.15, -0.1) is 0 Å². The quantitative estimate of drug-likeness (QED) is 0.527. The van der Waals surface area contributed by atoms with E-state index in [0.717, 1.165) is 25.7 Å². The first-order valence-corrected chi connectivity index (χ1v) is 5.85. The lowest BCUT2D eigenvalue weighted by atomic mass is 10.2. The van der Waals surface area contributed by atoms with Crippen molar-refractivity contribution in [3.63, 3.8) is 0 Å². The number of unbranched alkanes of at least 4 members (excludes halogenated alkanes) is 3. The topological polar surface area (TPSA) is 77.3 Å². The van der Waals surface area contributed by atoms with Crippen LogP contribution in [0.4, 0.5) is 9.59 Å². The van der Waals surface area contributed by atoms with Crippen molar-refractivity contribution in [2.24, 2.45) is 10.2 Å². The molecule has 0 aromatic carbocycles. The zero-order valence-electron chi connectivity index (χ0n) is 10.6. The van der Waals surface area contributed by atoms with Crippen molar-refractivity contribution in [2.45, 2.75) is 52.6 Å². The van der Waals surface area contributed by atoms with Gasteiger partial charge in [0.15, 0.2) is 0 Å². The van der Waals surface area contributed by atoms with Gasteiger partial charge in [-0.25, -0.2) is 9.59 Å². The Morgan fingerprint density at radius 2 is 1.71 bits per heavy atom. The van der Waals surface area contributed by atoms with Gasteiger partial charge >= 0.3 is 12.2 Å². The maximum atomic E-state index is 11.0. The zero-order valence-corrected chi connectivity index (χ0v) is 10.6. The second kappa shape index (κ2) is 9.74. The molecule has 0 aromatic heterocycles. The molecule has 0 bridgehead atoms. The van der Waals surface area contributed by atoms with Crippen LogP contribution in [0, 0.1) is 0 Å². The number of carbonyl (C=O) groups is 2. The first kappa shape index (κ1) is 15.5. The van der Waals surface area contributed by atoms with E-state index in [9.17, 15) is 9.59 Å². The van der Waals surface area contributed by atoms with Crippen molar-refractivity contribution in [1.82, 2.24) is 0 Å². The summed E-state index contributed by atoms with van der Waals surface area (Å²) in [5.74, 6) is 0. The summed E-state index contributed by atoms with van der Waals surface area (Å²) in [5.41, 5.74) is 0. The minimum Gasteiger partial charge on any atom is -0.447 e. The Labute approximate surface area is 101 Å². The number of hydrogen-bond donors (Lipinski definition) is 0. The lowest BCUT2D eigenvalue weighted by Crippen LogP contribution is -2.07. The van der Waals surface area contributed by atoms with Crippen LogP contribution in [-0.4, -0.2) is 24.9 Å². The van der Waals surface area contributed by atoms with Crippen molar-refractivity contribution in [3.8, 4) is 0 Å². The van der Waals surface area contributed by atoms with Gasteiger partial charge in [-0.05, 0) is 20.3 Å². The van der Waals surface area contributed by atoms with Gasteiger partial charge in [0.1, 0.15) is 0 Å². The number of azo groups is 1. The molecule has 0 fully saturated rings. The normalized spacial score (nSPS) is 10.8. The zero-order chi connectivity index (χ0) is 13.1. The lowest BCUT2D eigenvalue weighted by molar-refractivity contribution is 0.121. The predicted molar refractivity (Wildman–Crippen MR) is 62.0 cm³/mol. The third-order valence-electron chi connectivity index (χ3n) is 1.77. The number of rotatable bonds is 6. The summed E-state index contributed by atoms with van der Waals surface area (Å²) in [7, 11) is 0. The number of nitrogens with zero attached hydrogens (tertiary/aromatic N) is 2. The van der Waals surface area contributed by atoms with E-state index in [1.807, 2.05) is 0 Å². The van der Waals surface area contributed by atoms with Gasteiger partial charge in [-0.2, -0.15) is 0 Å². The van der Waals surface area contributed by atoms with Crippen LogP contribution in [0.5, 0.6) is 0 Å². The molecular formula is C11H20N2O4. The van der Waals surface area contributed by atoms with Gasteiger partial charge in [-0.1, -0.05) is 36.4 Å². The van der Waals surface area contributed by atoms with Gasteiger partial charge < -0.3 is 9.47 Å². The number of carbonyl (C=O) groups excluding carboxylic acids is 2. The molecule has 2 amide bonds. The van der Waals surface area contributed by atoms with E-state index in [1.165, 1.54) is 0 Å². The van der Waals surface area contributed by atoms with E-state index in [2.05, 4.69) is 21.9 Å². The number of ether oxygens (including phenoxy) is 2. The molecule has 0 atom stereocenters. The molecule has 0 rings (SSSR count). The SMILES string of the molecule is CCCCCCOC(=O)N=NC(=O)OC(C)C. The van der Waals surface area contributed by atoms with Crippen molar-refractivity contribution in [3.05, 3.63) is 0 Å². The average Bonchev–Trinajstić information content (AvgIpc) is 2.25. The Hall–Kier alpha value is -1.46. The molecule has 98 valence electrons. The fourth-order valence-corrected chi connectivity index (χ4v) is 1.02. The van der Waals surface area contributed by atoms with Gasteiger partial charge in [0.05, 0.1) is 12.7 Å². The Bertz CT molecular complexity index is 264. The summed E-state index contributed by atoms with van der Waals surface area (Å²) in [4.78, 5) is 21.9. The summed E-state index contributed by atoms with van der Waals surface area (Å²) in [5, 5.41) is 6.15. The van der Waals surface area contributed by atoms with Crippen LogP contribution in [0.15, 0.2) is 10.2 Å². The van der Waals surface area contributed by atoms with Crippen LogP contribution in [0.25, 0.3) is 0 Å². The van der Waals surface area contributed by atoms with Crippen LogP contribution in [0.3, 0.4) is 0 Å². The Morgan fingerprint density at radius 1 is 1.06 bits per heavy atom. The molecule has 0 aliphatic rings. The van der Waals surface area contributed by atoms with Crippen molar-refractivity contribution >= 4 is 12.2 Å². The van der Waals surface area contributed by atoms with Crippen LogP contribution < -0.4 is 0 Å². The summed E-state index contributed by atoms with van der Waals surface area (Å²) in [6, 6.07) is 0. The van der Waals surface area contributed by atoms with Gasteiger partial charge in [-0.3, -0.25) is 0 Å². The van der Waals surface area contributed by atoms with E-state index >= 15 is 0 Å². The molecule has 6 heteroatoms. The largest absolute Gasteiger partial charge is 0.452 e. The average molecular weight is 244 g/mol. The first-order chi connectivity index (χ1) is 8.06. The smallest absolute Gasteiger partial charge is 0.447 e. The van der Waals surface area contributed by atoms with Crippen molar-refractivity contribution < 1.29 is 19.1 Å². The van der Waals surface area contributed by atoms with Crippen LogP contribution >= 0.6 is 0 Å². The monoisotopic (exact) mass is 244 g/mol. The number of hydrogen-bond acceptors (Lipinski definition) is 4. The highest BCUT2D eigenvalue weighted by Gasteiger charge is 2.05. The minimum absolute atomic E-state index is 0.286. The van der Waals surface area contributed by atoms with Crippen LogP contribution in [-0.2, 0) is 9.47 Å². The van der Waals surface area contributed by atoms with Gasteiger partial charge in [0, 0.05) is 0 Å². The molecule has 0 saturated heterocycles. The molecule has 0 saturated carbocycles. The third-order valence-corrected chi connectivity index (χ3v) is 1.77. The second-order valence-electron chi connectivity index (χ2n) is 3.81. The molecule has 0 aromatic rings. The highest BCUT2D eigenvalue weighted by Crippen LogP contribution is 2.00.